The maximum Gasteiger partial charge on any atom is 0.257 e. The van der Waals surface area contributed by atoms with Crippen molar-refractivity contribution in [1.29, 1.82) is 0 Å². The van der Waals surface area contributed by atoms with E-state index >= 15 is 0 Å². The molecule has 1 aliphatic heterocycles. The average Bonchev–Trinajstić information content (AvgIpc) is 2.98. The van der Waals surface area contributed by atoms with Gasteiger partial charge < -0.3 is 4.74 Å². The summed E-state index contributed by atoms with van der Waals surface area (Å²) in [5, 5.41) is 5.18. The molecule has 1 amide bonds. The number of carbonyl (C=O) groups is 1. The molecule has 3 rings (SSSR count). The minimum absolute atomic E-state index is 0.290. The number of halogens is 1. The SMILES string of the molecule is Cc1ccc(C(=O)Nc2nc(CN3CCOCC3)cs2)cc1F. The number of thiazole rings is 1. The van der Waals surface area contributed by atoms with Gasteiger partial charge in [-0.2, -0.15) is 0 Å². The van der Waals surface area contributed by atoms with E-state index in [2.05, 4.69) is 15.2 Å². The van der Waals surface area contributed by atoms with Crippen LogP contribution in [-0.2, 0) is 11.3 Å². The lowest BCUT2D eigenvalue weighted by Gasteiger charge is -2.25. The Bertz CT molecular complexity index is 698. The number of hydrogen-bond donors (Lipinski definition) is 1. The van der Waals surface area contributed by atoms with Gasteiger partial charge in [-0.3, -0.25) is 15.0 Å². The second-order valence-electron chi connectivity index (χ2n) is 5.45. The first-order chi connectivity index (χ1) is 11.1. The molecule has 0 saturated carbocycles. The highest BCUT2D eigenvalue weighted by atomic mass is 32.1. The summed E-state index contributed by atoms with van der Waals surface area (Å²) >= 11 is 1.37. The van der Waals surface area contributed by atoms with Crippen molar-refractivity contribution in [2.24, 2.45) is 0 Å². The van der Waals surface area contributed by atoms with Crippen LogP contribution in [0.15, 0.2) is 23.6 Å². The van der Waals surface area contributed by atoms with Gasteiger partial charge in [-0.05, 0) is 24.6 Å². The van der Waals surface area contributed by atoms with Gasteiger partial charge in [0, 0.05) is 30.6 Å². The van der Waals surface area contributed by atoms with E-state index in [4.69, 9.17) is 4.74 Å². The molecule has 1 fully saturated rings. The number of carbonyl (C=O) groups excluding carboxylic acids is 1. The Hall–Kier alpha value is -1.83. The highest BCUT2D eigenvalue weighted by Crippen LogP contribution is 2.19. The van der Waals surface area contributed by atoms with Crippen LogP contribution in [0.3, 0.4) is 0 Å². The average molecular weight is 335 g/mol. The van der Waals surface area contributed by atoms with Gasteiger partial charge in [0.25, 0.3) is 5.91 Å². The lowest BCUT2D eigenvalue weighted by atomic mass is 10.1. The van der Waals surface area contributed by atoms with Crippen molar-refractivity contribution in [2.75, 3.05) is 31.6 Å². The number of benzene rings is 1. The Kier molecular flexibility index (Phi) is 5.00. The number of anilines is 1. The number of morpholine rings is 1. The van der Waals surface area contributed by atoms with E-state index < -0.39 is 0 Å². The van der Waals surface area contributed by atoms with Crippen molar-refractivity contribution in [1.82, 2.24) is 9.88 Å². The standard InChI is InChI=1S/C16H18FN3O2S/c1-11-2-3-12(8-14(11)17)15(21)19-16-18-13(10-23-16)9-20-4-6-22-7-5-20/h2-3,8,10H,4-7,9H2,1H3,(H,18,19,21). The van der Waals surface area contributed by atoms with Gasteiger partial charge in [0.1, 0.15) is 5.82 Å². The second kappa shape index (κ2) is 7.16. The topological polar surface area (TPSA) is 54.5 Å². The van der Waals surface area contributed by atoms with Crippen LogP contribution in [0.5, 0.6) is 0 Å². The van der Waals surface area contributed by atoms with Gasteiger partial charge >= 0.3 is 0 Å². The van der Waals surface area contributed by atoms with Crippen LogP contribution >= 0.6 is 11.3 Å². The van der Waals surface area contributed by atoms with Crippen LogP contribution in [0.4, 0.5) is 9.52 Å². The Morgan fingerprint density at radius 2 is 2.22 bits per heavy atom. The zero-order valence-electron chi connectivity index (χ0n) is 12.8. The van der Waals surface area contributed by atoms with Crippen LogP contribution < -0.4 is 5.32 Å². The number of nitrogens with one attached hydrogen (secondary N) is 1. The first-order valence-corrected chi connectivity index (χ1v) is 8.32. The molecule has 2 heterocycles. The van der Waals surface area contributed by atoms with Gasteiger partial charge in [-0.15, -0.1) is 11.3 Å². The zero-order chi connectivity index (χ0) is 16.2. The van der Waals surface area contributed by atoms with Crippen LogP contribution in [0, 0.1) is 12.7 Å². The summed E-state index contributed by atoms with van der Waals surface area (Å²) in [5.74, 6) is -0.735. The van der Waals surface area contributed by atoms with E-state index in [9.17, 15) is 9.18 Å². The van der Waals surface area contributed by atoms with Crippen LogP contribution in [-0.4, -0.2) is 42.1 Å². The fourth-order valence-electron chi connectivity index (χ4n) is 2.33. The van der Waals surface area contributed by atoms with Crippen molar-refractivity contribution >= 4 is 22.4 Å². The van der Waals surface area contributed by atoms with Crippen LogP contribution in [0.1, 0.15) is 21.6 Å². The molecular formula is C16H18FN3O2S. The number of amides is 1. The summed E-state index contributed by atoms with van der Waals surface area (Å²) in [5.41, 5.74) is 1.73. The van der Waals surface area contributed by atoms with Gasteiger partial charge in [0.05, 0.1) is 18.9 Å². The molecule has 0 bridgehead atoms. The number of hydrogen-bond acceptors (Lipinski definition) is 5. The maximum atomic E-state index is 13.5. The fraction of sp³-hybridized carbons (Fsp3) is 0.375. The minimum atomic E-state index is -0.384. The highest BCUT2D eigenvalue weighted by Gasteiger charge is 2.14. The molecule has 122 valence electrons. The van der Waals surface area contributed by atoms with Crippen molar-refractivity contribution in [3.8, 4) is 0 Å². The largest absolute Gasteiger partial charge is 0.379 e. The molecule has 0 unspecified atom stereocenters. The molecule has 0 atom stereocenters. The first-order valence-electron chi connectivity index (χ1n) is 7.44. The molecule has 1 saturated heterocycles. The summed E-state index contributed by atoms with van der Waals surface area (Å²) in [6.45, 7) is 5.67. The molecule has 0 aliphatic carbocycles. The molecule has 0 spiro atoms. The Balaban J connectivity index is 1.61. The Labute approximate surface area is 138 Å². The van der Waals surface area contributed by atoms with E-state index in [-0.39, 0.29) is 17.3 Å². The number of aryl methyl sites for hydroxylation is 1. The summed E-state index contributed by atoms with van der Waals surface area (Å²) in [4.78, 5) is 18.8. The van der Waals surface area contributed by atoms with E-state index in [0.717, 1.165) is 38.5 Å². The van der Waals surface area contributed by atoms with E-state index in [1.807, 2.05) is 5.38 Å². The lowest BCUT2D eigenvalue weighted by Crippen LogP contribution is -2.35. The van der Waals surface area contributed by atoms with E-state index in [0.29, 0.717) is 10.7 Å². The van der Waals surface area contributed by atoms with Gasteiger partial charge in [0.15, 0.2) is 5.13 Å². The molecule has 1 N–H and O–H groups in total. The Morgan fingerprint density at radius 3 is 2.96 bits per heavy atom. The highest BCUT2D eigenvalue weighted by molar-refractivity contribution is 7.13. The number of nitrogens with zero attached hydrogens (tertiary/aromatic N) is 2. The molecule has 7 heteroatoms. The quantitative estimate of drug-likeness (QED) is 0.933. The molecule has 0 radical (unpaired) electrons. The maximum absolute atomic E-state index is 13.5. The molecule has 5 nitrogen and oxygen atoms in total. The number of ether oxygens (including phenoxy) is 1. The number of rotatable bonds is 4. The molecule has 1 aromatic carbocycles. The van der Waals surface area contributed by atoms with Gasteiger partial charge in [0.2, 0.25) is 0 Å². The molecule has 23 heavy (non-hydrogen) atoms. The van der Waals surface area contributed by atoms with Crippen molar-refractivity contribution in [2.45, 2.75) is 13.5 Å². The van der Waals surface area contributed by atoms with Crippen molar-refractivity contribution in [3.05, 3.63) is 46.2 Å². The summed E-state index contributed by atoms with van der Waals surface area (Å²) in [6.07, 6.45) is 0. The van der Waals surface area contributed by atoms with Gasteiger partial charge in [-0.25, -0.2) is 9.37 Å². The smallest absolute Gasteiger partial charge is 0.257 e. The second-order valence-corrected chi connectivity index (χ2v) is 6.31. The number of aromatic nitrogens is 1. The van der Waals surface area contributed by atoms with Crippen LogP contribution in [0.2, 0.25) is 0 Å². The molecular weight excluding hydrogens is 317 g/mol. The Morgan fingerprint density at radius 1 is 1.43 bits per heavy atom. The third kappa shape index (κ3) is 4.13. The molecule has 1 aliphatic rings. The van der Waals surface area contributed by atoms with E-state index in [1.165, 1.54) is 17.4 Å². The van der Waals surface area contributed by atoms with E-state index in [1.54, 1.807) is 19.1 Å². The predicted octanol–water partition coefficient (Wildman–Crippen LogP) is 2.68. The summed E-state index contributed by atoms with van der Waals surface area (Å²) in [7, 11) is 0. The lowest BCUT2D eigenvalue weighted by molar-refractivity contribution is 0.0337. The summed E-state index contributed by atoms with van der Waals surface area (Å²) in [6, 6.07) is 4.44. The zero-order valence-corrected chi connectivity index (χ0v) is 13.7. The predicted molar refractivity (Wildman–Crippen MR) is 87.3 cm³/mol. The molecule has 1 aromatic heterocycles. The summed E-state index contributed by atoms with van der Waals surface area (Å²) < 4.78 is 18.8. The third-order valence-electron chi connectivity index (χ3n) is 3.70. The fourth-order valence-corrected chi connectivity index (χ4v) is 3.03. The monoisotopic (exact) mass is 335 g/mol. The van der Waals surface area contributed by atoms with Crippen molar-refractivity contribution < 1.29 is 13.9 Å². The first kappa shape index (κ1) is 16.0. The normalized spacial score (nSPS) is 15.6. The van der Waals surface area contributed by atoms with Gasteiger partial charge in [-0.1, -0.05) is 6.07 Å². The molecule has 2 aromatic rings. The minimum Gasteiger partial charge on any atom is -0.379 e. The van der Waals surface area contributed by atoms with Crippen molar-refractivity contribution in [3.63, 3.8) is 0 Å². The van der Waals surface area contributed by atoms with Crippen LogP contribution in [0.25, 0.3) is 0 Å². The third-order valence-corrected chi connectivity index (χ3v) is 4.50.